The van der Waals surface area contributed by atoms with Crippen molar-refractivity contribution in [3.05, 3.63) is 95.9 Å². The average Bonchev–Trinajstić information content (AvgIpc) is 3.04. The van der Waals surface area contributed by atoms with Gasteiger partial charge in [-0.15, -0.1) is 0 Å². The molecule has 0 saturated carbocycles. The summed E-state index contributed by atoms with van der Waals surface area (Å²) < 4.78 is 8.04. The second-order valence-electron chi connectivity index (χ2n) is 6.22. The van der Waals surface area contributed by atoms with Gasteiger partial charge in [-0.05, 0) is 48.5 Å². The van der Waals surface area contributed by atoms with Crippen molar-refractivity contribution in [2.75, 3.05) is 0 Å². The average molecular weight is 358 g/mol. The molecule has 0 aliphatic heterocycles. The van der Waals surface area contributed by atoms with Gasteiger partial charge in [0.05, 0.1) is 23.5 Å². The first-order chi connectivity index (χ1) is 13.2. The van der Waals surface area contributed by atoms with E-state index in [2.05, 4.69) is 9.55 Å². The van der Waals surface area contributed by atoms with E-state index >= 15 is 0 Å². The van der Waals surface area contributed by atoms with Crippen LogP contribution >= 0.6 is 0 Å². The van der Waals surface area contributed by atoms with Crippen LogP contribution in [-0.4, -0.2) is 20.6 Å². The molecule has 0 amide bonds. The van der Waals surface area contributed by atoms with Crippen LogP contribution in [0, 0.1) is 0 Å². The molecule has 0 aliphatic rings. The number of ether oxygens (including phenoxy) is 1. The van der Waals surface area contributed by atoms with Crippen molar-refractivity contribution >= 4 is 16.9 Å². The van der Waals surface area contributed by atoms with Gasteiger partial charge in [-0.2, -0.15) is 0 Å². The van der Waals surface area contributed by atoms with Gasteiger partial charge >= 0.3 is 5.97 Å². The Hall–Kier alpha value is -3.60. The molecular formula is C22H18N2O3. The summed E-state index contributed by atoms with van der Waals surface area (Å²) in [6.07, 6.45) is 1.77. The molecule has 0 aliphatic carbocycles. The summed E-state index contributed by atoms with van der Waals surface area (Å²) in [7, 11) is 0. The molecule has 5 heteroatoms. The minimum absolute atomic E-state index is 0.271. The third-order valence-corrected chi connectivity index (χ3v) is 4.41. The Morgan fingerprint density at radius 3 is 2.56 bits per heavy atom. The van der Waals surface area contributed by atoms with Crippen molar-refractivity contribution in [2.24, 2.45) is 0 Å². The third kappa shape index (κ3) is 3.67. The molecule has 4 aromatic rings. The number of rotatable bonds is 6. The first-order valence-electron chi connectivity index (χ1n) is 8.64. The van der Waals surface area contributed by atoms with Crippen LogP contribution < -0.4 is 4.74 Å². The van der Waals surface area contributed by atoms with E-state index < -0.39 is 5.97 Å². The third-order valence-electron chi connectivity index (χ3n) is 4.41. The number of carboxylic acids is 1. The van der Waals surface area contributed by atoms with Gasteiger partial charge in [-0.3, -0.25) is 4.98 Å². The van der Waals surface area contributed by atoms with Gasteiger partial charge < -0.3 is 14.4 Å². The number of hydrogen-bond acceptors (Lipinski definition) is 3. The molecule has 0 bridgehead atoms. The molecule has 2 aromatic carbocycles. The highest BCUT2D eigenvalue weighted by molar-refractivity contribution is 5.94. The Labute approximate surface area is 156 Å². The van der Waals surface area contributed by atoms with E-state index in [9.17, 15) is 9.90 Å². The molecule has 0 spiro atoms. The quantitative estimate of drug-likeness (QED) is 0.556. The Morgan fingerprint density at radius 2 is 1.81 bits per heavy atom. The number of aromatic carboxylic acids is 1. The van der Waals surface area contributed by atoms with Gasteiger partial charge in [0.15, 0.2) is 0 Å². The molecule has 1 N–H and O–H groups in total. The lowest BCUT2D eigenvalue weighted by Gasteiger charge is -2.12. The largest absolute Gasteiger partial charge is 0.487 e. The number of para-hydroxylation sites is 1. The molecule has 0 unspecified atom stereocenters. The zero-order valence-electron chi connectivity index (χ0n) is 14.6. The molecule has 2 heterocycles. The number of carbonyl (C=O) groups is 1. The fourth-order valence-corrected chi connectivity index (χ4v) is 3.10. The first kappa shape index (κ1) is 16.8. The molecule has 0 fully saturated rings. The molecule has 0 atom stereocenters. The first-order valence-corrected chi connectivity index (χ1v) is 8.64. The molecule has 4 rings (SSSR count). The van der Waals surface area contributed by atoms with E-state index in [-0.39, 0.29) is 5.56 Å². The lowest BCUT2D eigenvalue weighted by molar-refractivity contribution is 0.0697. The van der Waals surface area contributed by atoms with Crippen molar-refractivity contribution in [1.82, 2.24) is 9.55 Å². The smallest absolute Gasteiger partial charge is 0.335 e. The maximum Gasteiger partial charge on any atom is 0.335 e. The van der Waals surface area contributed by atoms with Crippen LogP contribution in [-0.2, 0) is 13.2 Å². The maximum absolute atomic E-state index is 11.3. The number of benzene rings is 2. The van der Waals surface area contributed by atoms with E-state index in [0.29, 0.717) is 13.2 Å². The molecule has 27 heavy (non-hydrogen) atoms. The van der Waals surface area contributed by atoms with E-state index in [1.807, 2.05) is 60.7 Å². The summed E-state index contributed by atoms with van der Waals surface area (Å²) in [4.78, 5) is 15.7. The summed E-state index contributed by atoms with van der Waals surface area (Å²) >= 11 is 0. The minimum atomic E-state index is -0.934. The molecule has 0 saturated heterocycles. The van der Waals surface area contributed by atoms with E-state index in [1.165, 1.54) is 0 Å². The van der Waals surface area contributed by atoms with Crippen molar-refractivity contribution in [3.63, 3.8) is 0 Å². The van der Waals surface area contributed by atoms with E-state index in [1.54, 1.807) is 18.3 Å². The van der Waals surface area contributed by atoms with Crippen LogP contribution in [0.3, 0.4) is 0 Å². The monoisotopic (exact) mass is 358 g/mol. The Morgan fingerprint density at radius 1 is 1.00 bits per heavy atom. The molecule has 2 aromatic heterocycles. The number of carboxylic acid groups (broad SMARTS) is 1. The van der Waals surface area contributed by atoms with Crippen molar-refractivity contribution in [2.45, 2.75) is 13.2 Å². The fraction of sp³-hybridized carbons (Fsp3) is 0.0909. The van der Waals surface area contributed by atoms with Crippen LogP contribution in [0.5, 0.6) is 5.75 Å². The normalized spacial score (nSPS) is 10.8. The molecular weight excluding hydrogens is 340 g/mol. The van der Waals surface area contributed by atoms with Crippen LogP contribution in [0.1, 0.15) is 21.7 Å². The number of hydrogen-bond donors (Lipinski definition) is 1. The SMILES string of the molecule is O=C(O)c1ccc2c(c1)cc(COc1ccccc1)n2Cc1ccccn1. The summed E-state index contributed by atoms with van der Waals surface area (Å²) in [5.74, 6) is -0.144. The second-order valence-corrected chi connectivity index (χ2v) is 6.22. The lowest BCUT2D eigenvalue weighted by atomic mass is 10.1. The highest BCUT2D eigenvalue weighted by Gasteiger charge is 2.13. The van der Waals surface area contributed by atoms with Crippen molar-refractivity contribution in [1.29, 1.82) is 0 Å². The predicted octanol–water partition coefficient (Wildman–Crippen LogP) is 4.36. The lowest BCUT2D eigenvalue weighted by Crippen LogP contribution is -2.08. The minimum Gasteiger partial charge on any atom is -0.487 e. The van der Waals surface area contributed by atoms with Crippen LogP contribution in [0.25, 0.3) is 10.9 Å². The number of aromatic nitrogens is 2. The fourth-order valence-electron chi connectivity index (χ4n) is 3.10. The van der Waals surface area contributed by atoms with Gasteiger partial charge in [-0.1, -0.05) is 24.3 Å². The van der Waals surface area contributed by atoms with E-state index in [4.69, 9.17) is 4.74 Å². The highest BCUT2D eigenvalue weighted by Crippen LogP contribution is 2.24. The van der Waals surface area contributed by atoms with Crippen molar-refractivity contribution in [3.8, 4) is 5.75 Å². The molecule has 134 valence electrons. The van der Waals surface area contributed by atoms with Gasteiger partial charge in [-0.25, -0.2) is 4.79 Å². The maximum atomic E-state index is 11.3. The second kappa shape index (κ2) is 7.33. The van der Waals surface area contributed by atoms with Gasteiger partial charge in [0.1, 0.15) is 12.4 Å². The zero-order valence-corrected chi connectivity index (χ0v) is 14.6. The summed E-state index contributed by atoms with van der Waals surface area (Å²) in [6.45, 7) is 0.970. The standard InChI is InChI=1S/C22H18N2O3/c25-22(26)16-9-10-21-17(12-16)13-19(15-27-20-7-2-1-3-8-20)24(21)14-18-6-4-5-11-23-18/h1-13H,14-15H2,(H,25,26). The Bertz CT molecular complexity index is 1070. The molecule has 0 radical (unpaired) electrons. The van der Waals surface area contributed by atoms with Crippen LogP contribution in [0.15, 0.2) is 79.0 Å². The highest BCUT2D eigenvalue weighted by atomic mass is 16.5. The van der Waals surface area contributed by atoms with E-state index in [0.717, 1.165) is 28.0 Å². The number of nitrogens with zero attached hydrogens (tertiary/aromatic N) is 2. The van der Waals surface area contributed by atoms with Crippen molar-refractivity contribution < 1.29 is 14.6 Å². The zero-order chi connectivity index (χ0) is 18.6. The topological polar surface area (TPSA) is 64.3 Å². The van der Waals surface area contributed by atoms with Gasteiger partial charge in [0.25, 0.3) is 0 Å². The summed E-state index contributed by atoms with van der Waals surface area (Å²) in [6, 6.07) is 22.6. The summed E-state index contributed by atoms with van der Waals surface area (Å²) in [5.41, 5.74) is 3.12. The van der Waals surface area contributed by atoms with Gasteiger partial charge in [0, 0.05) is 17.1 Å². The van der Waals surface area contributed by atoms with Crippen LogP contribution in [0.2, 0.25) is 0 Å². The van der Waals surface area contributed by atoms with Gasteiger partial charge in [0.2, 0.25) is 0 Å². The molecule has 5 nitrogen and oxygen atoms in total. The Balaban J connectivity index is 1.72. The predicted molar refractivity (Wildman–Crippen MR) is 103 cm³/mol. The Kier molecular flexibility index (Phi) is 4.58. The number of fused-ring (bicyclic) bond motifs is 1. The van der Waals surface area contributed by atoms with Crippen LogP contribution in [0.4, 0.5) is 0 Å². The summed E-state index contributed by atoms with van der Waals surface area (Å²) in [5, 5.41) is 10.1. The number of pyridine rings is 1.